The van der Waals surface area contributed by atoms with Crippen LogP contribution in [0.3, 0.4) is 0 Å². The van der Waals surface area contributed by atoms with Crippen molar-refractivity contribution in [2.75, 3.05) is 5.32 Å². The topological polar surface area (TPSA) is 61.8 Å². The Morgan fingerprint density at radius 2 is 2.00 bits per heavy atom. The van der Waals surface area contributed by atoms with E-state index < -0.39 is 0 Å². The van der Waals surface area contributed by atoms with Gasteiger partial charge in [-0.3, -0.25) is 0 Å². The fourth-order valence-electron chi connectivity index (χ4n) is 2.88. The zero-order valence-electron chi connectivity index (χ0n) is 13.3. The summed E-state index contributed by atoms with van der Waals surface area (Å²) >= 11 is 12.0. The first-order chi connectivity index (χ1) is 10.6. The number of hydrogen-bond acceptors (Lipinski definition) is 3. The predicted octanol–water partition coefficient (Wildman–Crippen LogP) is 5.12. The fraction of sp³-hybridized carbons (Fsp3) is 0.588. The van der Waals surface area contributed by atoms with Gasteiger partial charge in [0.1, 0.15) is 6.07 Å². The van der Waals surface area contributed by atoms with Crippen LogP contribution in [0.4, 0.5) is 5.69 Å². The second kappa shape index (κ2) is 9.94. The minimum atomic E-state index is -0.345. The number of nitrogens with two attached hydrogens (primary N) is 1. The van der Waals surface area contributed by atoms with Gasteiger partial charge in [0.2, 0.25) is 0 Å². The van der Waals surface area contributed by atoms with E-state index in [0.29, 0.717) is 16.5 Å². The standard InChI is InChI=1S/C15H19Cl2N3.C2H6/c16-13-7-12(6-5-11(13)9-18)20-14(8-15(17)19)10-3-1-2-4-10;1-2/h5-7,10,14-15,20H,1-4,8,19H2;1-2H3. The molecule has 0 radical (unpaired) electrons. The van der Waals surface area contributed by atoms with Crippen molar-refractivity contribution in [1.82, 2.24) is 0 Å². The summed E-state index contributed by atoms with van der Waals surface area (Å²) in [6.07, 6.45) is 5.70. The van der Waals surface area contributed by atoms with E-state index >= 15 is 0 Å². The molecule has 3 N–H and O–H groups in total. The maximum absolute atomic E-state index is 8.89. The molecule has 5 heteroatoms. The molecule has 1 fully saturated rings. The molecule has 1 aliphatic rings. The maximum atomic E-state index is 8.89. The van der Waals surface area contributed by atoms with E-state index in [0.717, 1.165) is 12.1 Å². The number of anilines is 1. The zero-order valence-corrected chi connectivity index (χ0v) is 14.8. The molecular formula is C17H25Cl2N3. The molecule has 0 bridgehead atoms. The molecule has 3 nitrogen and oxygen atoms in total. The zero-order chi connectivity index (χ0) is 16.5. The van der Waals surface area contributed by atoms with Crippen molar-refractivity contribution in [2.45, 2.75) is 57.5 Å². The Morgan fingerprint density at radius 3 is 2.50 bits per heavy atom. The quantitative estimate of drug-likeness (QED) is 0.576. The fourth-order valence-corrected chi connectivity index (χ4v) is 3.30. The number of nitriles is 1. The minimum absolute atomic E-state index is 0.258. The van der Waals surface area contributed by atoms with Crippen LogP contribution in [0.2, 0.25) is 5.02 Å². The third kappa shape index (κ3) is 5.68. The van der Waals surface area contributed by atoms with E-state index in [2.05, 4.69) is 11.4 Å². The van der Waals surface area contributed by atoms with Gasteiger partial charge in [-0.25, -0.2) is 0 Å². The van der Waals surface area contributed by atoms with Crippen LogP contribution < -0.4 is 11.1 Å². The molecule has 1 aromatic carbocycles. The van der Waals surface area contributed by atoms with E-state index in [-0.39, 0.29) is 11.5 Å². The molecule has 2 rings (SSSR count). The third-order valence-electron chi connectivity index (χ3n) is 3.89. The van der Waals surface area contributed by atoms with E-state index in [1.165, 1.54) is 25.7 Å². The highest BCUT2D eigenvalue weighted by Gasteiger charge is 2.26. The van der Waals surface area contributed by atoms with Crippen molar-refractivity contribution in [3.8, 4) is 6.07 Å². The summed E-state index contributed by atoms with van der Waals surface area (Å²) in [6, 6.07) is 7.73. The predicted molar refractivity (Wildman–Crippen MR) is 95.3 cm³/mol. The largest absolute Gasteiger partial charge is 0.382 e. The van der Waals surface area contributed by atoms with Crippen LogP contribution in [0.25, 0.3) is 0 Å². The molecule has 0 saturated heterocycles. The van der Waals surface area contributed by atoms with Crippen LogP contribution in [0.15, 0.2) is 18.2 Å². The molecule has 2 atom stereocenters. The second-order valence-corrected chi connectivity index (χ2v) is 6.32. The molecule has 122 valence electrons. The van der Waals surface area contributed by atoms with E-state index in [1.54, 1.807) is 12.1 Å². The highest BCUT2D eigenvalue weighted by Crippen LogP contribution is 2.32. The van der Waals surface area contributed by atoms with E-state index in [4.69, 9.17) is 34.2 Å². The summed E-state index contributed by atoms with van der Waals surface area (Å²) in [5.74, 6) is 0.606. The van der Waals surface area contributed by atoms with Gasteiger partial charge in [0.15, 0.2) is 0 Å². The number of hydrogen-bond donors (Lipinski definition) is 2. The van der Waals surface area contributed by atoms with Crippen LogP contribution in [0.1, 0.15) is 51.5 Å². The summed E-state index contributed by atoms with van der Waals surface area (Å²) in [5, 5.41) is 12.9. The normalized spacial score (nSPS) is 17.1. The minimum Gasteiger partial charge on any atom is -0.382 e. The average Bonchev–Trinajstić information content (AvgIpc) is 3.03. The molecule has 0 heterocycles. The van der Waals surface area contributed by atoms with Gasteiger partial charge >= 0.3 is 0 Å². The van der Waals surface area contributed by atoms with E-state index in [1.807, 2.05) is 19.9 Å². The molecule has 0 aliphatic heterocycles. The average molecular weight is 342 g/mol. The van der Waals surface area contributed by atoms with Crippen LogP contribution in [0.5, 0.6) is 0 Å². The highest BCUT2D eigenvalue weighted by molar-refractivity contribution is 6.32. The first kappa shape index (κ1) is 19.1. The van der Waals surface area contributed by atoms with Crippen LogP contribution in [0, 0.1) is 17.2 Å². The summed E-state index contributed by atoms with van der Waals surface area (Å²) in [4.78, 5) is 0. The molecule has 1 aliphatic carbocycles. The molecule has 1 aromatic rings. The number of halogens is 2. The van der Waals surface area contributed by atoms with Gasteiger partial charge in [-0.05, 0) is 43.4 Å². The molecular weight excluding hydrogens is 317 g/mol. The Morgan fingerprint density at radius 1 is 1.36 bits per heavy atom. The molecule has 2 unspecified atom stereocenters. The van der Waals surface area contributed by atoms with Gasteiger partial charge in [0, 0.05) is 11.7 Å². The van der Waals surface area contributed by atoms with Crippen LogP contribution in [-0.2, 0) is 0 Å². The molecule has 0 spiro atoms. The highest BCUT2D eigenvalue weighted by atomic mass is 35.5. The van der Waals surface area contributed by atoms with Crippen molar-refractivity contribution < 1.29 is 0 Å². The Hall–Kier alpha value is -0.950. The number of nitrogens with zero attached hydrogens (tertiary/aromatic N) is 1. The number of alkyl halides is 1. The number of nitrogens with one attached hydrogen (secondary N) is 1. The van der Waals surface area contributed by atoms with E-state index in [9.17, 15) is 0 Å². The Bertz CT molecular complexity index is 491. The summed E-state index contributed by atoms with van der Waals surface area (Å²) < 4.78 is 0. The Labute approximate surface area is 143 Å². The number of rotatable bonds is 5. The smallest absolute Gasteiger partial charge is 0.101 e. The van der Waals surface area contributed by atoms with Crippen molar-refractivity contribution in [3.63, 3.8) is 0 Å². The second-order valence-electron chi connectivity index (χ2n) is 5.35. The monoisotopic (exact) mass is 341 g/mol. The molecule has 0 amide bonds. The first-order valence-corrected chi connectivity index (χ1v) is 8.77. The Kier molecular flexibility index (Phi) is 8.63. The van der Waals surface area contributed by atoms with Gasteiger partial charge in [0.25, 0.3) is 0 Å². The third-order valence-corrected chi connectivity index (χ3v) is 4.38. The van der Waals surface area contributed by atoms with Crippen LogP contribution in [-0.4, -0.2) is 11.5 Å². The first-order valence-electron chi connectivity index (χ1n) is 7.96. The lowest BCUT2D eigenvalue weighted by atomic mass is 9.95. The summed E-state index contributed by atoms with van der Waals surface area (Å²) in [5.41, 5.74) is 6.81. The molecule has 1 saturated carbocycles. The Balaban J connectivity index is 0.00000116. The van der Waals surface area contributed by atoms with Gasteiger partial charge in [-0.2, -0.15) is 5.26 Å². The van der Waals surface area contributed by atoms with Gasteiger partial charge < -0.3 is 11.1 Å². The lowest BCUT2D eigenvalue weighted by Crippen LogP contribution is -2.33. The van der Waals surface area contributed by atoms with Gasteiger partial charge in [-0.1, -0.05) is 38.3 Å². The lowest BCUT2D eigenvalue weighted by molar-refractivity contribution is 0.430. The lowest BCUT2D eigenvalue weighted by Gasteiger charge is -2.27. The van der Waals surface area contributed by atoms with Crippen molar-refractivity contribution >= 4 is 28.9 Å². The molecule has 22 heavy (non-hydrogen) atoms. The van der Waals surface area contributed by atoms with Crippen molar-refractivity contribution in [1.29, 1.82) is 5.26 Å². The number of benzene rings is 1. The van der Waals surface area contributed by atoms with Crippen LogP contribution >= 0.6 is 23.2 Å². The maximum Gasteiger partial charge on any atom is 0.101 e. The summed E-state index contributed by atoms with van der Waals surface area (Å²) in [6.45, 7) is 4.00. The van der Waals surface area contributed by atoms with Crippen molar-refractivity contribution in [2.24, 2.45) is 11.7 Å². The van der Waals surface area contributed by atoms with Crippen molar-refractivity contribution in [3.05, 3.63) is 28.8 Å². The SMILES string of the molecule is CC.N#Cc1ccc(NC(CC(N)Cl)C2CCCC2)cc1Cl. The summed E-state index contributed by atoms with van der Waals surface area (Å²) in [7, 11) is 0. The molecule has 0 aromatic heterocycles. The van der Waals surface area contributed by atoms with Gasteiger partial charge in [-0.15, -0.1) is 11.6 Å². The van der Waals surface area contributed by atoms with Gasteiger partial charge in [0.05, 0.1) is 16.1 Å².